The van der Waals surface area contributed by atoms with Gasteiger partial charge in [0.1, 0.15) is 0 Å². The van der Waals surface area contributed by atoms with Gasteiger partial charge >= 0.3 is 0 Å². The molecular formula is C15H24O. The van der Waals surface area contributed by atoms with E-state index in [1.165, 1.54) is 11.1 Å². The lowest BCUT2D eigenvalue weighted by atomic mass is 9.91. The number of carbonyl (C=O) groups excluding carboxylic acids is 1. The molecule has 0 aliphatic heterocycles. The molecule has 0 aromatic heterocycles. The van der Waals surface area contributed by atoms with Crippen molar-refractivity contribution < 1.29 is 4.79 Å². The van der Waals surface area contributed by atoms with Crippen molar-refractivity contribution in [3.8, 4) is 0 Å². The average molecular weight is 220 g/mol. The van der Waals surface area contributed by atoms with Gasteiger partial charge in [-0.15, -0.1) is 0 Å². The highest BCUT2D eigenvalue weighted by molar-refractivity contribution is 5.99. The molecular weight excluding hydrogens is 196 g/mol. The third kappa shape index (κ3) is 3.33. The van der Waals surface area contributed by atoms with Crippen molar-refractivity contribution in [2.24, 2.45) is 5.92 Å². The number of carbonyl (C=O) groups is 1. The molecule has 0 fully saturated rings. The van der Waals surface area contributed by atoms with Gasteiger partial charge in [0.25, 0.3) is 0 Å². The van der Waals surface area contributed by atoms with Crippen molar-refractivity contribution in [3.05, 3.63) is 22.8 Å². The summed E-state index contributed by atoms with van der Waals surface area (Å²) in [6, 6.07) is 0. The summed E-state index contributed by atoms with van der Waals surface area (Å²) in [4.78, 5) is 11.8. The topological polar surface area (TPSA) is 17.1 Å². The summed E-state index contributed by atoms with van der Waals surface area (Å²) in [6.45, 7) is 8.62. The minimum Gasteiger partial charge on any atom is -0.295 e. The highest BCUT2D eigenvalue weighted by atomic mass is 16.1. The van der Waals surface area contributed by atoms with Crippen LogP contribution in [0.25, 0.3) is 0 Å². The van der Waals surface area contributed by atoms with Crippen molar-refractivity contribution in [2.75, 3.05) is 0 Å². The summed E-state index contributed by atoms with van der Waals surface area (Å²) >= 11 is 0. The van der Waals surface area contributed by atoms with Crippen molar-refractivity contribution in [1.29, 1.82) is 0 Å². The van der Waals surface area contributed by atoms with Crippen molar-refractivity contribution in [3.63, 3.8) is 0 Å². The largest absolute Gasteiger partial charge is 0.295 e. The van der Waals surface area contributed by atoms with Gasteiger partial charge in [0, 0.05) is 6.42 Å². The fraction of sp³-hybridized carbons (Fsp3) is 0.667. The molecule has 0 aromatic rings. The molecule has 1 atom stereocenters. The molecule has 0 saturated carbocycles. The van der Waals surface area contributed by atoms with Gasteiger partial charge in [-0.3, -0.25) is 4.79 Å². The molecule has 0 amide bonds. The number of hydrogen-bond acceptors (Lipinski definition) is 1. The summed E-state index contributed by atoms with van der Waals surface area (Å²) in [5.74, 6) is 0.849. The van der Waals surface area contributed by atoms with E-state index in [0.29, 0.717) is 11.7 Å². The Morgan fingerprint density at radius 3 is 2.62 bits per heavy atom. The second-order valence-electron chi connectivity index (χ2n) is 5.05. The van der Waals surface area contributed by atoms with Gasteiger partial charge in [0.05, 0.1) is 0 Å². The Kier molecular flexibility index (Phi) is 4.98. The Morgan fingerprint density at radius 1 is 1.38 bits per heavy atom. The molecule has 0 N–H and O–H groups in total. The van der Waals surface area contributed by atoms with Gasteiger partial charge < -0.3 is 0 Å². The Balaban J connectivity index is 2.62. The number of allylic oxidation sites excluding steroid dienone is 4. The third-order valence-electron chi connectivity index (χ3n) is 3.41. The van der Waals surface area contributed by atoms with Crippen LogP contribution in [-0.2, 0) is 4.79 Å². The minimum atomic E-state index is 0.404. The van der Waals surface area contributed by atoms with Crippen LogP contribution in [0.5, 0.6) is 0 Å². The predicted molar refractivity (Wildman–Crippen MR) is 69.4 cm³/mol. The van der Waals surface area contributed by atoms with E-state index >= 15 is 0 Å². The lowest BCUT2D eigenvalue weighted by molar-refractivity contribution is -0.115. The van der Waals surface area contributed by atoms with Crippen LogP contribution in [0, 0.1) is 5.92 Å². The maximum atomic E-state index is 11.8. The zero-order valence-electron chi connectivity index (χ0n) is 11.1. The zero-order chi connectivity index (χ0) is 12.1. The van der Waals surface area contributed by atoms with Gasteiger partial charge in [-0.05, 0) is 51.0 Å². The monoisotopic (exact) mass is 220 g/mol. The molecule has 16 heavy (non-hydrogen) atoms. The Labute approximate surface area is 99.6 Å². The van der Waals surface area contributed by atoms with E-state index in [1.807, 2.05) is 0 Å². The molecule has 0 aromatic carbocycles. The molecule has 1 heteroatoms. The van der Waals surface area contributed by atoms with E-state index in [1.54, 1.807) is 0 Å². The van der Waals surface area contributed by atoms with Crippen LogP contribution in [0.1, 0.15) is 59.8 Å². The van der Waals surface area contributed by atoms with Gasteiger partial charge in [0.15, 0.2) is 5.78 Å². The molecule has 0 bridgehead atoms. The van der Waals surface area contributed by atoms with Gasteiger partial charge in [-0.25, -0.2) is 0 Å². The number of ketones is 1. The van der Waals surface area contributed by atoms with E-state index < -0.39 is 0 Å². The summed E-state index contributed by atoms with van der Waals surface area (Å²) in [5.41, 5.74) is 3.94. The Bertz CT molecular complexity index is 316. The van der Waals surface area contributed by atoms with E-state index in [4.69, 9.17) is 0 Å². The smallest absolute Gasteiger partial charge is 0.159 e. The zero-order valence-corrected chi connectivity index (χ0v) is 11.1. The first kappa shape index (κ1) is 13.2. The molecule has 0 heterocycles. The first-order valence-corrected chi connectivity index (χ1v) is 6.44. The molecule has 90 valence electrons. The van der Waals surface area contributed by atoms with Crippen molar-refractivity contribution in [1.82, 2.24) is 0 Å². The highest BCUT2D eigenvalue weighted by Gasteiger charge is 2.25. The predicted octanol–water partition coefficient (Wildman–Crippen LogP) is 4.44. The van der Waals surface area contributed by atoms with Crippen LogP contribution < -0.4 is 0 Å². The second kappa shape index (κ2) is 6.03. The maximum Gasteiger partial charge on any atom is 0.159 e. The fourth-order valence-electron chi connectivity index (χ4n) is 2.49. The van der Waals surface area contributed by atoms with Gasteiger partial charge in [0.2, 0.25) is 0 Å². The maximum absolute atomic E-state index is 11.8. The standard InChI is InChI=1S/C15H24O/c1-5-13-9-10-14(16)15(13)12(4)8-6-7-11(2)3/h7,12H,5-6,8-10H2,1-4H3. The summed E-state index contributed by atoms with van der Waals surface area (Å²) in [5, 5.41) is 0. The lowest BCUT2D eigenvalue weighted by Crippen LogP contribution is -2.07. The Morgan fingerprint density at radius 2 is 2.06 bits per heavy atom. The van der Waals surface area contributed by atoms with E-state index in [2.05, 4.69) is 33.8 Å². The minimum absolute atomic E-state index is 0.404. The molecule has 1 aliphatic rings. The molecule has 0 radical (unpaired) electrons. The molecule has 1 unspecified atom stereocenters. The van der Waals surface area contributed by atoms with E-state index in [0.717, 1.165) is 37.7 Å². The summed E-state index contributed by atoms with van der Waals surface area (Å²) in [6.07, 6.45) is 7.28. The van der Waals surface area contributed by atoms with Crippen LogP contribution in [-0.4, -0.2) is 5.78 Å². The highest BCUT2D eigenvalue weighted by Crippen LogP contribution is 2.32. The van der Waals surface area contributed by atoms with E-state index in [-0.39, 0.29) is 0 Å². The number of rotatable bonds is 5. The van der Waals surface area contributed by atoms with Gasteiger partial charge in [-0.1, -0.05) is 31.1 Å². The first-order chi connectivity index (χ1) is 7.56. The quantitative estimate of drug-likeness (QED) is 0.626. The number of hydrogen-bond donors (Lipinski definition) is 0. The van der Waals surface area contributed by atoms with Crippen LogP contribution in [0.2, 0.25) is 0 Å². The van der Waals surface area contributed by atoms with Crippen LogP contribution in [0.3, 0.4) is 0 Å². The molecule has 0 spiro atoms. The van der Waals surface area contributed by atoms with Crippen LogP contribution in [0.15, 0.2) is 22.8 Å². The number of Topliss-reactive ketones (excluding diaryl/α,β-unsaturated/α-hetero) is 1. The lowest BCUT2D eigenvalue weighted by Gasteiger charge is -2.13. The van der Waals surface area contributed by atoms with Crippen molar-refractivity contribution >= 4 is 5.78 Å². The molecule has 1 rings (SSSR count). The summed E-state index contributed by atoms with van der Waals surface area (Å²) in [7, 11) is 0. The molecule has 1 aliphatic carbocycles. The second-order valence-corrected chi connectivity index (χ2v) is 5.05. The molecule has 1 nitrogen and oxygen atoms in total. The molecule has 0 saturated heterocycles. The average Bonchev–Trinajstić information content (AvgIpc) is 2.58. The normalized spacial score (nSPS) is 17.9. The van der Waals surface area contributed by atoms with Crippen LogP contribution >= 0.6 is 0 Å². The SMILES string of the molecule is CCC1=C(C(C)CCC=C(C)C)C(=O)CC1. The first-order valence-electron chi connectivity index (χ1n) is 6.44. The van der Waals surface area contributed by atoms with Crippen molar-refractivity contribution in [2.45, 2.75) is 59.8 Å². The summed E-state index contributed by atoms with van der Waals surface area (Å²) < 4.78 is 0. The third-order valence-corrected chi connectivity index (χ3v) is 3.41. The van der Waals surface area contributed by atoms with Crippen LogP contribution in [0.4, 0.5) is 0 Å². The van der Waals surface area contributed by atoms with Gasteiger partial charge in [-0.2, -0.15) is 0 Å². The Hall–Kier alpha value is -0.850. The fourth-order valence-corrected chi connectivity index (χ4v) is 2.49. The van der Waals surface area contributed by atoms with E-state index in [9.17, 15) is 4.79 Å².